The standard InChI is InChI=1S/C25H23ClN4OS2/c1-15-9-10-18-19(13-27)25(33-22(18)12-15)30-24(31)16(2)32-21-8-4-3-7-20(21)29-14-17-6-5-11-28-23(17)26/h3-8,11,14-16H,9-10,12H2,1-2H3,(H,30,31)/t15-,16+/m1/s1. The largest absolute Gasteiger partial charge is 0.316 e. The van der Waals surface area contributed by atoms with Gasteiger partial charge < -0.3 is 5.32 Å². The molecule has 2 aromatic heterocycles. The van der Waals surface area contributed by atoms with Crippen LogP contribution in [0.5, 0.6) is 0 Å². The zero-order chi connectivity index (χ0) is 23.4. The predicted molar refractivity (Wildman–Crippen MR) is 137 cm³/mol. The summed E-state index contributed by atoms with van der Waals surface area (Å²) >= 11 is 9.10. The minimum Gasteiger partial charge on any atom is -0.316 e. The van der Waals surface area contributed by atoms with Crippen LogP contribution in [-0.2, 0) is 17.6 Å². The number of aliphatic imine (C=N–C) groups is 1. The Balaban J connectivity index is 1.48. The number of hydrogen-bond acceptors (Lipinski definition) is 6. The highest BCUT2D eigenvalue weighted by molar-refractivity contribution is 8.00. The Bertz CT molecular complexity index is 1250. The summed E-state index contributed by atoms with van der Waals surface area (Å²) in [6.45, 7) is 4.09. The van der Waals surface area contributed by atoms with Crippen LogP contribution in [0, 0.1) is 17.2 Å². The van der Waals surface area contributed by atoms with Crippen LogP contribution in [0.4, 0.5) is 10.7 Å². The lowest BCUT2D eigenvalue weighted by Crippen LogP contribution is -2.22. The first-order chi connectivity index (χ1) is 16.0. The molecule has 0 spiro atoms. The number of fused-ring (bicyclic) bond motifs is 1. The Morgan fingerprint density at radius 1 is 1.39 bits per heavy atom. The summed E-state index contributed by atoms with van der Waals surface area (Å²) in [5.74, 6) is 0.483. The molecule has 8 heteroatoms. The molecule has 33 heavy (non-hydrogen) atoms. The van der Waals surface area contributed by atoms with Gasteiger partial charge >= 0.3 is 0 Å². The van der Waals surface area contributed by atoms with E-state index in [1.807, 2.05) is 37.3 Å². The van der Waals surface area contributed by atoms with E-state index in [0.717, 1.165) is 41.0 Å². The number of rotatable bonds is 6. The molecule has 0 radical (unpaired) electrons. The first-order valence-electron chi connectivity index (χ1n) is 10.7. The number of thiophene rings is 1. The van der Waals surface area contributed by atoms with Gasteiger partial charge in [0.1, 0.15) is 16.2 Å². The Labute approximate surface area is 206 Å². The van der Waals surface area contributed by atoms with Crippen LogP contribution in [0.1, 0.15) is 41.8 Å². The number of anilines is 1. The van der Waals surface area contributed by atoms with E-state index in [-0.39, 0.29) is 11.2 Å². The van der Waals surface area contributed by atoms with Crippen molar-refractivity contribution < 1.29 is 4.79 Å². The lowest BCUT2D eigenvalue weighted by molar-refractivity contribution is -0.115. The minimum absolute atomic E-state index is 0.128. The number of nitrogens with zero attached hydrogens (tertiary/aromatic N) is 3. The van der Waals surface area contributed by atoms with Gasteiger partial charge in [-0.25, -0.2) is 4.98 Å². The second-order valence-electron chi connectivity index (χ2n) is 8.03. The molecule has 3 aromatic rings. The molecule has 2 heterocycles. The van der Waals surface area contributed by atoms with E-state index in [2.05, 4.69) is 28.3 Å². The third-order valence-corrected chi connectivity index (χ3v) is 8.18. The van der Waals surface area contributed by atoms with Gasteiger partial charge in [0.25, 0.3) is 0 Å². The normalized spacial score (nSPS) is 16.2. The van der Waals surface area contributed by atoms with Crippen molar-refractivity contribution in [3.8, 4) is 6.07 Å². The lowest BCUT2D eigenvalue weighted by Gasteiger charge is -2.17. The number of para-hydroxylation sites is 1. The van der Waals surface area contributed by atoms with Crippen LogP contribution in [0.3, 0.4) is 0 Å². The van der Waals surface area contributed by atoms with Gasteiger partial charge in [-0.05, 0) is 61.9 Å². The fraction of sp³-hybridized carbons (Fsp3) is 0.280. The van der Waals surface area contributed by atoms with E-state index < -0.39 is 0 Å². The van der Waals surface area contributed by atoms with Gasteiger partial charge in [0.05, 0.1) is 16.5 Å². The molecule has 1 aliphatic carbocycles. The second-order valence-corrected chi connectivity index (χ2v) is 10.9. The van der Waals surface area contributed by atoms with Crippen molar-refractivity contribution >= 4 is 57.5 Å². The van der Waals surface area contributed by atoms with Crippen LogP contribution >= 0.6 is 34.7 Å². The maximum atomic E-state index is 13.0. The molecule has 0 saturated carbocycles. The van der Waals surface area contributed by atoms with E-state index >= 15 is 0 Å². The summed E-state index contributed by atoms with van der Waals surface area (Å²) in [6.07, 6.45) is 6.27. The van der Waals surface area contributed by atoms with Crippen LogP contribution in [-0.4, -0.2) is 22.4 Å². The molecule has 1 aliphatic rings. The number of nitrogens with one attached hydrogen (secondary N) is 1. The Morgan fingerprint density at radius 3 is 3.00 bits per heavy atom. The molecule has 1 N–H and O–H groups in total. The summed E-state index contributed by atoms with van der Waals surface area (Å²) in [6, 6.07) is 13.6. The van der Waals surface area contributed by atoms with Crippen LogP contribution in [0.15, 0.2) is 52.5 Å². The molecule has 5 nitrogen and oxygen atoms in total. The van der Waals surface area contributed by atoms with Crippen LogP contribution in [0.2, 0.25) is 5.15 Å². The quantitative estimate of drug-likeness (QED) is 0.236. The van der Waals surface area contributed by atoms with E-state index in [9.17, 15) is 10.1 Å². The van der Waals surface area contributed by atoms with Crippen LogP contribution < -0.4 is 5.32 Å². The topological polar surface area (TPSA) is 78.1 Å². The number of pyridine rings is 1. The number of thioether (sulfide) groups is 1. The SMILES string of the molecule is C[C@@H]1CCc2c(sc(NC(=O)[C@H](C)Sc3ccccc3N=Cc3cccnc3Cl)c2C#N)C1. The maximum absolute atomic E-state index is 13.0. The van der Waals surface area contributed by atoms with Crippen molar-refractivity contribution in [2.24, 2.45) is 10.9 Å². The summed E-state index contributed by atoms with van der Waals surface area (Å²) in [7, 11) is 0. The molecule has 1 aromatic carbocycles. The molecule has 4 rings (SSSR count). The van der Waals surface area contributed by atoms with Crippen molar-refractivity contribution in [1.29, 1.82) is 5.26 Å². The molecule has 0 aliphatic heterocycles. The first-order valence-corrected chi connectivity index (χ1v) is 12.8. The van der Waals surface area contributed by atoms with E-state index in [4.69, 9.17) is 11.6 Å². The smallest absolute Gasteiger partial charge is 0.238 e. The number of carbonyl (C=O) groups excluding carboxylic acids is 1. The van der Waals surface area contributed by atoms with Crippen molar-refractivity contribution in [2.75, 3.05) is 5.32 Å². The van der Waals surface area contributed by atoms with Gasteiger partial charge in [0.15, 0.2) is 0 Å². The maximum Gasteiger partial charge on any atom is 0.238 e. The van der Waals surface area contributed by atoms with Gasteiger partial charge in [-0.2, -0.15) is 5.26 Å². The van der Waals surface area contributed by atoms with Gasteiger partial charge in [0, 0.05) is 27.7 Å². The zero-order valence-corrected chi connectivity index (χ0v) is 20.7. The van der Waals surface area contributed by atoms with E-state index in [1.165, 1.54) is 16.6 Å². The molecule has 0 unspecified atom stereocenters. The number of nitriles is 1. The number of hydrogen-bond donors (Lipinski definition) is 1. The summed E-state index contributed by atoms with van der Waals surface area (Å²) in [5.41, 5.74) is 3.22. The monoisotopic (exact) mass is 494 g/mol. The van der Waals surface area contributed by atoms with Crippen molar-refractivity contribution in [1.82, 2.24) is 4.98 Å². The van der Waals surface area contributed by atoms with Crippen molar-refractivity contribution in [3.63, 3.8) is 0 Å². The molecule has 0 bridgehead atoms. The van der Waals surface area contributed by atoms with E-state index in [0.29, 0.717) is 21.6 Å². The Hall–Kier alpha value is -2.66. The highest BCUT2D eigenvalue weighted by atomic mass is 35.5. The molecule has 0 saturated heterocycles. The van der Waals surface area contributed by atoms with Gasteiger partial charge in [0.2, 0.25) is 5.91 Å². The van der Waals surface area contributed by atoms with Gasteiger partial charge in [-0.1, -0.05) is 30.7 Å². The molecule has 168 valence electrons. The molecular weight excluding hydrogens is 472 g/mol. The first kappa shape index (κ1) is 23.5. The second kappa shape index (κ2) is 10.5. The third kappa shape index (κ3) is 5.47. The zero-order valence-electron chi connectivity index (χ0n) is 18.3. The number of amides is 1. The highest BCUT2D eigenvalue weighted by Gasteiger charge is 2.26. The van der Waals surface area contributed by atoms with Crippen LogP contribution in [0.25, 0.3) is 0 Å². The number of aromatic nitrogens is 1. The minimum atomic E-state index is -0.368. The number of carbonyl (C=O) groups is 1. The average molecular weight is 495 g/mol. The fourth-order valence-corrected chi connectivity index (χ4v) is 6.19. The highest BCUT2D eigenvalue weighted by Crippen LogP contribution is 2.40. The average Bonchev–Trinajstić information content (AvgIpc) is 3.15. The molecule has 1 amide bonds. The van der Waals surface area contributed by atoms with Crippen molar-refractivity contribution in [3.05, 3.63) is 69.3 Å². The van der Waals surface area contributed by atoms with Gasteiger partial charge in [-0.3, -0.25) is 9.79 Å². The van der Waals surface area contributed by atoms with E-state index in [1.54, 1.807) is 29.8 Å². The Kier molecular flexibility index (Phi) is 7.49. The summed E-state index contributed by atoms with van der Waals surface area (Å²) in [4.78, 5) is 23.7. The predicted octanol–water partition coefficient (Wildman–Crippen LogP) is 6.66. The number of benzene rings is 1. The van der Waals surface area contributed by atoms with Gasteiger partial charge in [-0.15, -0.1) is 23.1 Å². The molecular formula is C25H23ClN4OS2. The lowest BCUT2D eigenvalue weighted by atomic mass is 9.89. The molecule has 2 atom stereocenters. The molecule has 0 fully saturated rings. The third-order valence-electron chi connectivity index (χ3n) is 5.53. The summed E-state index contributed by atoms with van der Waals surface area (Å²) < 4.78 is 0. The van der Waals surface area contributed by atoms with Crippen molar-refractivity contribution in [2.45, 2.75) is 43.3 Å². The summed E-state index contributed by atoms with van der Waals surface area (Å²) in [5, 5.41) is 13.4. The Morgan fingerprint density at radius 2 is 2.21 bits per heavy atom. The fourth-order valence-electron chi connectivity index (χ4n) is 3.71. The number of halogens is 1.